The number of sulfonamides is 1. The van der Waals surface area contributed by atoms with Crippen LogP contribution in [-0.2, 0) is 14.8 Å². The number of rotatable bonds is 4. The van der Waals surface area contributed by atoms with Crippen molar-refractivity contribution < 1.29 is 18.0 Å². The van der Waals surface area contributed by atoms with Crippen molar-refractivity contribution in [2.24, 2.45) is 10.1 Å². The molecular weight excluding hydrogens is 370 g/mol. The first-order valence-electron chi connectivity index (χ1n) is 8.40. The van der Waals surface area contributed by atoms with E-state index in [0.29, 0.717) is 17.8 Å². The molecule has 0 aliphatic carbocycles. The van der Waals surface area contributed by atoms with Crippen LogP contribution in [0, 0.1) is 6.42 Å². The highest BCUT2D eigenvalue weighted by molar-refractivity contribution is 7.89. The zero-order chi connectivity index (χ0) is 19.9. The highest BCUT2D eigenvalue weighted by Crippen LogP contribution is 2.34. The van der Waals surface area contributed by atoms with E-state index >= 15 is 0 Å². The summed E-state index contributed by atoms with van der Waals surface area (Å²) in [7, 11) is -0.192. The number of nitrogens with two attached hydrogens (primary N) is 1. The summed E-state index contributed by atoms with van der Waals surface area (Å²) in [6, 6.07) is 5.31. The molecule has 2 aliphatic rings. The number of nitrogens with zero attached hydrogens (tertiary/aromatic N) is 4. The van der Waals surface area contributed by atoms with Crippen LogP contribution in [0.4, 0.5) is 10.5 Å². The maximum Gasteiger partial charge on any atom is 0.325 e. The number of urea groups is 1. The second kappa shape index (κ2) is 6.84. The molecule has 1 radical (unpaired) electrons. The molecule has 10 heteroatoms. The average molecular weight is 392 g/mol. The highest BCUT2D eigenvalue weighted by Gasteiger charge is 2.51. The largest absolute Gasteiger partial charge is 0.368 e. The zero-order valence-corrected chi connectivity index (χ0v) is 16.2. The van der Waals surface area contributed by atoms with Crippen LogP contribution in [0.3, 0.4) is 0 Å². The molecule has 2 heterocycles. The number of amidine groups is 1. The lowest BCUT2D eigenvalue weighted by Gasteiger charge is -2.24. The molecule has 2 saturated heterocycles. The molecule has 3 rings (SSSR count). The van der Waals surface area contributed by atoms with Gasteiger partial charge in [0.15, 0.2) is 0 Å². The van der Waals surface area contributed by atoms with Crippen LogP contribution >= 0.6 is 0 Å². The maximum absolute atomic E-state index is 12.7. The monoisotopic (exact) mass is 392 g/mol. The third kappa shape index (κ3) is 3.61. The molecule has 1 aromatic rings. The van der Waals surface area contributed by atoms with Crippen molar-refractivity contribution in [1.82, 2.24) is 9.80 Å². The number of amides is 3. The molecule has 0 saturated carbocycles. The van der Waals surface area contributed by atoms with E-state index in [2.05, 4.69) is 4.40 Å². The first-order chi connectivity index (χ1) is 12.6. The smallest absolute Gasteiger partial charge is 0.325 e. The van der Waals surface area contributed by atoms with E-state index in [9.17, 15) is 18.0 Å². The summed E-state index contributed by atoms with van der Waals surface area (Å²) in [5, 5.41) is 0. The molecule has 1 aromatic carbocycles. The SMILES string of the molecule is CN(C)C(=NS(C)(=O)=O)c1ccc(N2C(=O)N3CC[CH][C@@H]3C2C(N)=O)cc1. The Kier molecular flexibility index (Phi) is 4.85. The van der Waals surface area contributed by atoms with Gasteiger partial charge >= 0.3 is 6.03 Å². The lowest BCUT2D eigenvalue weighted by Crippen LogP contribution is -2.46. The summed E-state index contributed by atoms with van der Waals surface area (Å²) in [5.74, 6) is -0.289. The van der Waals surface area contributed by atoms with Crippen molar-refractivity contribution in [2.75, 3.05) is 31.8 Å². The minimum absolute atomic E-state index is 0.261. The Morgan fingerprint density at radius 1 is 1.26 bits per heavy atom. The lowest BCUT2D eigenvalue weighted by molar-refractivity contribution is -0.119. The third-order valence-electron chi connectivity index (χ3n) is 4.56. The quantitative estimate of drug-likeness (QED) is 0.573. The maximum atomic E-state index is 12.7. The number of hydrogen-bond donors (Lipinski definition) is 1. The van der Waals surface area contributed by atoms with Gasteiger partial charge < -0.3 is 15.5 Å². The summed E-state index contributed by atoms with van der Waals surface area (Å²) in [6.07, 6.45) is 3.70. The molecule has 2 fully saturated rings. The fraction of sp³-hybridized carbons (Fsp3) is 0.412. The number of anilines is 1. The summed E-state index contributed by atoms with van der Waals surface area (Å²) in [4.78, 5) is 29.3. The van der Waals surface area contributed by atoms with Gasteiger partial charge in [-0.3, -0.25) is 9.69 Å². The van der Waals surface area contributed by atoms with Gasteiger partial charge in [-0.25, -0.2) is 13.2 Å². The summed E-state index contributed by atoms with van der Waals surface area (Å²) < 4.78 is 26.8. The number of hydrogen-bond acceptors (Lipinski definition) is 4. The third-order valence-corrected chi connectivity index (χ3v) is 5.07. The van der Waals surface area contributed by atoms with E-state index in [1.54, 1.807) is 48.2 Å². The van der Waals surface area contributed by atoms with Gasteiger partial charge in [-0.2, -0.15) is 0 Å². The van der Waals surface area contributed by atoms with Crippen molar-refractivity contribution >= 4 is 33.5 Å². The Bertz CT molecular complexity index is 894. The molecule has 3 amide bonds. The molecule has 2 N–H and O–H groups in total. The van der Waals surface area contributed by atoms with Crippen molar-refractivity contribution in [3.05, 3.63) is 36.2 Å². The second-order valence-corrected chi connectivity index (χ2v) is 8.45. The predicted octanol–water partition coefficient (Wildman–Crippen LogP) is 0.0269. The molecule has 145 valence electrons. The zero-order valence-electron chi connectivity index (χ0n) is 15.4. The van der Waals surface area contributed by atoms with E-state index < -0.39 is 22.0 Å². The fourth-order valence-corrected chi connectivity index (χ4v) is 4.06. The molecule has 9 nitrogen and oxygen atoms in total. The Morgan fingerprint density at radius 3 is 2.41 bits per heavy atom. The molecule has 27 heavy (non-hydrogen) atoms. The second-order valence-electron chi connectivity index (χ2n) is 6.80. The summed E-state index contributed by atoms with van der Waals surface area (Å²) in [5.41, 5.74) is 6.65. The Morgan fingerprint density at radius 2 is 1.89 bits per heavy atom. The van der Waals surface area contributed by atoms with Crippen LogP contribution in [0.5, 0.6) is 0 Å². The standard InChI is InChI=1S/C17H22N5O4S/c1-20(2)16(19-27(3,25)26)11-6-8-12(9-7-11)22-14(15(18)23)13-5-4-10-21(13)17(22)24/h5-9,13-14H,4,10H2,1-3H3,(H2,18,23)/t13-,14?/m1/s1. The van der Waals surface area contributed by atoms with E-state index in [-0.39, 0.29) is 17.9 Å². The number of carbonyl (C=O) groups is 2. The molecule has 1 unspecified atom stereocenters. The summed E-state index contributed by atoms with van der Waals surface area (Å²) in [6.45, 7) is 0.563. The first kappa shape index (κ1) is 19.2. The van der Waals surface area contributed by atoms with E-state index in [0.717, 1.165) is 12.7 Å². The first-order valence-corrected chi connectivity index (χ1v) is 10.2. The van der Waals surface area contributed by atoms with Crippen LogP contribution < -0.4 is 10.6 Å². The van der Waals surface area contributed by atoms with E-state index in [4.69, 9.17) is 5.73 Å². The van der Waals surface area contributed by atoms with Crippen molar-refractivity contribution in [3.63, 3.8) is 0 Å². The van der Waals surface area contributed by atoms with Gasteiger partial charge in [0.25, 0.3) is 10.0 Å². The van der Waals surface area contributed by atoms with Crippen molar-refractivity contribution in [2.45, 2.75) is 18.5 Å². The van der Waals surface area contributed by atoms with Gasteiger partial charge in [-0.1, -0.05) is 0 Å². The molecule has 2 atom stereocenters. The minimum atomic E-state index is -3.57. The average Bonchev–Trinajstić information content (AvgIpc) is 3.14. The van der Waals surface area contributed by atoms with Gasteiger partial charge in [-0.15, -0.1) is 4.40 Å². The van der Waals surface area contributed by atoms with E-state index in [1.165, 1.54) is 4.90 Å². The number of primary amides is 1. The number of fused-ring (bicyclic) bond motifs is 1. The topological polar surface area (TPSA) is 116 Å². The highest BCUT2D eigenvalue weighted by atomic mass is 32.2. The molecular formula is C17H22N5O4S. The van der Waals surface area contributed by atoms with Gasteiger partial charge in [0.1, 0.15) is 11.9 Å². The number of benzene rings is 1. The minimum Gasteiger partial charge on any atom is -0.368 e. The van der Waals surface area contributed by atoms with Gasteiger partial charge in [0, 0.05) is 31.9 Å². The van der Waals surface area contributed by atoms with Gasteiger partial charge in [0.05, 0.1) is 12.3 Å². The van der Waals surface area contributed by atoms with Crippen molar-refractivity contribution in [3.8, 4) is 0 Å². The normalized spacial score (nSPS) is 22.9. The van der Waals surface area contributed by atoms with Crippen LogP contribution in [0.2, 0.25) is 0 Å². The van der Waals surface area contributed by atoms with Crippen LogP contribution in [-0.4, -0.2) is 75.0 Å². The summed E-state index contributed by atoms with van der Waals surface area (Å²) >= 11 is 0. The van der Waals surface area contributed by atoms with Crippen LogP contribution in [0.25, 0.3) is 0 Å². The molecule has 0 aromatic heterocycles. The molecule has 0 bridgehead atoms. The van der Waals surface area contributed by atoms with Gasteiger partial charge in [0.2, 0.25) is 5.91 Å². The van der Waals surface area contributed by atoms with Crippen LogP contribution in [0.1, 0.15) is 12.0 Å². The Hall–Kier alpha value is -2.62. The molecule has 0 spiro atoms. The predicted molar refractivity (Wildman–Crippen MR) is 102 cm³/mol. The fourth-order valence-electron chi connectivity index (χ4n) is 3.48. The van der Waals surface area contributed by atoms with Gasteiger partial charge in [-0.05, 0) is 37.1 Å². The van der Waals surface area contributed by atoms with E-state index in [1.807, 2.05) is 6.42 Å². The molecule has 2 aliphatic heterocycles. The lowest BCUT2D eigenvalue weighted by atomic mass is 10.0. The van der Waals surface area contributed by atoms with Crippen LogP contribution in [0.15, 0.2) is 28.7 Å². The Balaban J connectivity index is 1.96. The number of carbonyl (C=O) groups excluding carboxylic acids is 2. The Labute approximate surface area is 158 Å². The van der Waals surface area contributed by atoms with Crippen molar-refractivity contribution in [1.29, 1.82) is 0 Å².